The SMILES string of the molecule is Cc1cc(C)c(S(=O)(=O)NCCOCC2CC2)c(C)c1N. The zero-order valence-electron chi connectivity index (χ0n) is 12.9. The van der Waals surface area contributed by atoms with Crippen molar-refractivity contribution in [2.45, 2.75) is 38.5 Å². The lowest BCUT2D eigenvalue weighted by atomic mass is 10.1. The van der Waals surface area contributed by atoms with Gasteiger partial charge in [0.2, 0.25) is 10.0 Å². The van der Waals surface area contributed by atoms with Gasteiger partial charge in [-0.1, -0.05) is 6.07 Å². The van der Waals surface area contributed by atoms with E-state index in [1.165, 1.54) is 12.8 Å². The van der Waals surface area contributed by atoms with E-state index in [9.17, 15) is 8.42 Å². The highest BCUT2D eigenvalue weighted by molar-refractivity contribution is 7.89. The number of ether oxygens (including phenoxy) is 1. The fraction of sp³-hybridized carbons (Fsp3) is 0.600. The van der Waals surface area contributed by atoms with E-state index in [4.69, 9.17) is 10.5 Å². The third kappa shape index (κ3) is 3.96. The van der Waals surface area contributed by atoms with Gasteiger partial charge in [0.15, 0.2) is 0 Å². The maximum absolute atomic E-state index is 12.4. The van der Waals surface area contributed by atoms with Crippen LogP contribution in [0.25, 0.3) is 0 Å². The molecule has 0 saturated heterocycles. The molecule has 0 radical (unpaired) electrons. The lowest BCUT2D eigenvalue weighted by molar-refractivity contribution is 0.129. The Morgan fingerprint density at radius 2 is 1.95 bits per heavy atom. The van der Waals surface area contributed by atoms with Crippen molar-refractivity contribution >= 4 is 15.7 Å². The summed E-state index contributed by atoms with van der Waals surface area (Å²) in [6, 6.07) is 1.81. The van der Waals surface area contributed by atoms with Gasteiger partial charge in [0.25, 0.3) is 0 Å². The number of nitrogen functional groups attached to an aromatic ring is 1. The second kappa shape index (κ2) is 6.34. The molecule has 21 heavy (non-hydrogen) atoms. The molecule has 0 aromatic heterocycles. The highest BCUT2D eigenvalue weighted by Crippen LogP contribution is 2.29. The topological polar surface area (TPSA) is 81.4 Å². The second-order valence-corrected chi connectivity index (χ2v) is 7.50. The van der Waals surface area contributed by atoms with Crippen molar-refractivity contribution in [1.82, 2.24) is 4.72 Å². The molecule has 2 rings (SSSR count). The average Bonchev–Trinajstić information content (AvgIpc) is 3.19. The van der Waals surface area contributed by atoms with E-state index in [0.29, 0.717) is 29.3 Å². The van der Waals surface area contributed by atoms with Crippen LogP contribution in [0.3, 0.4) is 0 Å². The monoisotopic (exact) mass is 312 g/mol. The number of sulfonamides is 1. The first-order valence-corrected chi connectivity index (χ1v) is 8.75. The Morgan fingerprint density at radius 3 is 2.57 bits per heavy atom. The quantitative estimate of drug-likeness (QED) is 0.595. The van der Waals surface area contributed by atoms with Gasteiger partial charge in [0, 0.05) is 18.8 Å². The van der Waals surface area contributed by atoms with Crippen LogP contribution in [0.1, 0.15) is 29.5 Å². The number of rotatable bonds is 7. The van der Waals surface area contributed by atoms with Crippen LogP contribution in [0.2, 0.25) is 0 Å². The average molecular weight is 312 g/mol. The Balaban J connectivity index is 2.03. The molecule has 6 heteroatoms. The van der Waals surface area contributed by atoms with E-state index >= 15 is 0 Å². The first kappa shape index (κ1) is 16.3. The van der Waals surface area contributed by atoms with Crippen molar-refractivity contribution in [1.29, 1.82) is 0 Å². The Bertz CT molecular complexity index is 622. The number of hydrogen-bond donors (Lipinski definition) is 2. The van der Waals surface area contributed by atoms with Gasteiger partial charge in [0.05, 0.1) is 11.5 Å². The maximum Gasteiger partial charge on any atom is 0.241 e. The number of nitrogens with one attached hydrogen (secondary N) is 1. The number of benzene rings is 1. The highest BCUT2D eigenvalue weighted by Gasteiger charge is 2.23. The lowest BCUT2D eigenvalue weighted by Gasteiger charge is -2.15. The minimum absolute atomic E-state index is 0.279. The molecule has 1 aromatic rings. The van der Waals surface area contributed by atoms with Gasteiger partial charge in [-0.05, 0) is 56.2 Å². The molecule has 0 atom stereocenters. The molecule has 0 aliphatic heterocycles. The molecule has 1 aromatic carbocycles. The molecule has 0 amide bonds. The summed E-state index contributed by atoms with van der Waals surface area (Å²) in [5, 5.41) is 0. The lowest BCUT2D eigenvalue weighted by Crippen LogP contribution is -2.29. The number of nitrogens with two attached hydrogens (primary N) is 1. The van der Waals surface area contributed by atoms with E-state index in [2.05, 4.69) is 4.72 Å². The Morgan fingerprint density at radius 1 is 1.29 bits per heavy atom. The van der Waals surface area contributed by atoms with Crippen molar-refractivity contribution in [3.8, 4) is 0 Å². The molecule has 0 unspecified atom stereocenters. The fourth-order valence-electron chi connectivity index (χ4n) is 2.45. The first-order valence-electron chi connectivity index (χ1n) is 7.26. The van der Waals surface area contributed by atoms with Crippen LogP contribution in [-0.2, 0) is 14.8 Å². The normalized spacial score (nSPS) is 15.4. The maximum atomic E-state index is 12.4. The van der Waals surface area contributed by atoms with Crippen LogP contribution in [0.5, 0.6) is 0 Å². The van der Waals surface area contributed by atoms with Crippen LogP contribution >= 0.6 is 0 Å². The smallest absolute Gasteiger partial charge is 0.241 e. The molecule has 0 spiro atoms. The second-order valence-electron chi connectivity index (χ2n) is 5.79. The van der Waals surface area contributed by atoms with Gasteiger partial charge in [-0.3, -0.25) is 0 Å². The minimum Gasteiger partial charge on any atom is -0.398 e. The van der Waals surface area contributed by atoms with Crippen molar-refractivity contribution < 1.29 is 13.2 Å². The number of hydrogen-bond acceptors (Lipinski definition) is 4. The molecule has 1 fully saturated rings. The largest absolute Gasteiger partial charge is 0.398 e. The predicted molar refractivity (Wildman–Crippen MR) is 83.8 cm³/mol. The van der Waals surface area contributed by atoms with E-state index in [0.717, 1.165) is 12.2 Å². The Labute approximate surface area is 126 Å². The summed E-state index contributed by atoms with van der Waals surface area (Å²) in [6.45, 7) is 6.82. The molecule has 1 aliphatic carbocycles. The molecule has 1 saturated carbocycles. The van der Waals surface area contributed by atoms with Crippen molar-refractivity contribution in [2.75, 3.05) is 25.5 Å². The molecule has 1 aliphatic rings. The molecule has 118 valence electrons. The van der Waals surface area contributed by atoms with Crippen molar-refractivity contribution in [2.24, 2.45) is 5.92 Å². The highest BCUT2D eigenvalue weighted by atomic mass is 32.2. The van der Waals surface area contributed by atoms with Crippen LogP contribution in [0.4, 0.5) is 5.69 Å². The molecular formula is C15H24N2O3S. The fourth-order valence-corrected chi connectivity index (χ4v) is 3.94. The Hall–Kier alpha value is -1.11. The van der Waals surface area contributed by atoms with Crippen LogP contribution < -0.4 is 10.5 Å². The van der Waals surface area contributed by atoms with Crippen LogP contribution in [0, 0.1) is 26.7 Å². The zero-order valence-corrected chi connectivity index (χ0v) is 13.7. The standard InChI is InChI=1S/C15H24N2O3S/c1-10-8-11(2)15(12(3)14(10)16)21(18,19)17-6-7-20-9-13-4-5-13/h8,13,17H,4-7,9,16H2,1-3H3. The van der Waals surface area contributed by atoms with E-state index < -0.39 is 10.0 Å². The summed E-state index contributed by atoms with van der Waals surface area (Å²) >= 11 is 0. The van der Waals surface area contributed by atoms with Crippen molar-refractivity contribution in [3.05, 3.63) is 22.8 Å². The summed E-state index contributed by atoms with van der Waals surface area (Å²) in [7, 11) is -3.56. The van der Waals surface area contributed by atoms with Gasteiger partial charge >= 0.3 is 0 Å². The zero-order chi connectivity index (χ0) is 15.6. The molecule has 3 N–H and O–H groups in total. The summed E-state index contributed by atoms with van der Waals surface area (Å²) in [5.74, 6) is 0.683. The summed E-state index contributed by atoms with van der Waals surface area (Å²) in [6.07, 6.45) is 2.46. The molecular weight excluding hydrogens is 288 g/mol. The number of aryl methyl sites for hydroxylation is 2. The van der Waals surface area contributed by atoms with Gasteiger partial charge in [-0.2, -0.15) is 0 Å². The number of anilines is 1. The van der Waals surface area contributed by atoms with Gasteiger partial charge in [-0.15, -0.1) is 0 Å². The van der Waals surface area contributed by atoms with Crippen LogP contribution in [-0.4, -0.2) is 28.2 Å². The van der Waals surface area contributed by atoms with E-state index in [1.54, 1.807) is 19.9 Å². The first-order chi connectivity index (χ1) is 9.83. The molecule has 0 heterocycles. The van der Waals surface area contributed by atoms with E-state index in [1.807, 2.05) is 6.92 Å². The third-order valence-electron chi connectivity index (χ3n) is 3.82. The third-order valence-corrected chi connectivity index (χ3v) is 5.57. The van der Waals surface area contributed by atoms with Gasteiger partial charge < -0.3 is 10.5 Å². The van der Waals surface area contributed by atoms with Crippen LogP contribution in [0.15, 0.2) is 11.0 Å². The minimum atomic E-state index is -3.56. The summed E-state index contributed by atoms with van der Waals surface area (Å²) < 4.78 is 32.9. The van der Waals surface area contributed by atoms with Crippen molar-refractivity contribution in [3.63, 3.8) is 0 Å². The predicted octanol–water partition coefficient (Wildman–Crippen LogP) is 1.90. The molecule has 5 nitrogen and oxygen atoms in total. The Kier molecular flexibility index (Phi) is 4.91. The summed E-state index contributed by atoms with van der Waals surface area (Å²) in [5.41, 5.74) is 8.70. The van der Waals surface area contributed by atoms with Gasteiger partial charge in [0.1, 0.15) is 0 Å². The molecule has 0 bridgehead atoms. The van der Waals surface area contributed by atoms with Gasteiger partial charge in [-0.25, -0.2) is 13.1 Å². The summed E-state index contributed by atoms with van der Waals surface area (Å²) in [4.78, 5) is 0.285. The van der Waals surface area contributed by atoms with E-state index in [-0.39, 0.29) is 11.4 Å².